The van der Waals surface area contributed by atoms with Gasteiger partial charge in [0.15, 0.2) is 4.80 Å². The van der Waals surface area contributed by atoms with Crippen LogP contribution in [-0.2, 0) is 16.1 Å². The number of rotatable bonds is 10. The Balaban J connectivity index is 1.74. The monoisotopic (exact) mass is 446 g/mol. The fourth-order valence-corrected chi connectivity index (χ4v) is 4.83. The number of hydrogen-bond acceptors (Lipinski definition) is 6. The second kappa shape index (κ2) is 11.2. The van der Waals surface area contributed by atoms with E-state index in [0.29, 0.717) is 36.7 Å². The van der Waals surface area contributed by atoms with E-state index in [2.05, 4.69) is 4.99 Å². The van der Waals surface area contributed by atoms with E-state index < -0.39 is 0 Å². The summed E-state index contributed by atoms with van der Waals surface area (Å²) in [6.07, 6.45) is 0.374. The molecule has 2 aromatic carbocycles. The molecule has 0 radical (unpaired) electrons. The fourth-order valence-electron chi connectivity index (χ4n) is 2.88. The number of aromatic nitrogens is 1. The topological polar surface area (TPSA) is 62.0 Å². The second-order valence-corrected chi connectivity index (χ2v) is 8.55. The van der Waals surface area contributed by atoms with Crippen LogP contribution < -0.4 is 14.3 Å². The number of amides is 1. The first-order valence-electron chi connectivity index (χ1n) is 9.74. The minimum Gasteiger partial charge on any atom is -0.497 e. The Bertz CT molecular complexity index is 1040. The highest BCUT2D eigenvalue weighted by Gasteiger charge is 2.09. The minimum absolute atomic E-state index is 0.126. The molecular weight excluding hydrogens is 420 g/mol. The second-order valence-electron chi connectivity index (χ2n) is 6.37. The number of fused-ring (bicyclic) bond motifs is 1. The first-order valence-corrected chi connectivity index (χ1v) is 11.5. The number of nitrogens with zero attached hydrogens (tertiary/aromatic N) is 2. The molecule has 1 heterocycles. The number of benzene rings is 2. The van der Waals surface area contributed by atoms with Crippen molar-refractivity contribution >= 4 is 39.2 Å². The molecule has 0 aliphatic carbocycles. The van der Waals surface area contributed by atoms with Gasteiger partial charge in [-0.25, -0.2) is 0 Å². The lowest BCUT2D eigenvalue weighted by Crippen LogP contribution is -2.19. The summed E-state index contributed by atoms with van der Waals surface area (Å²) >= 11 is 3.13. The molecule has 3 rings (SSSR count). The van der Waals surface area contributed by atoms with Crippen molar-refractivity contribution < 1.29 is 19.0 Å². The smallest absolute Gasteiger partial charge is 0.249 e. The molecule has 0 atom stereocenters. The van der Waals surface area contributed by atoms with Gasteiger partial charge in [-0.3, -0.25) is 4.79 Å². The number of ether oxygens (including phenoxy) is 3. The average Bonchev–Trinajstić information content (AvgIpc) is 3.09. The third-order valence-corrected chi connectivity index (χ3v) is 6.40. The van der Waals surface area contributed by atoms with E-state index >= 15 is 0 Å². The van der Waals surface area contributed by atoms with E-state index in [0.717, 1.165) is 26.6 Å². The predicted molar refractivity (Wildman–Crippen MR) is 122 cm³/mol. The number of methoxy groups -OCH3 is 2. The van der Waals surface area contributed by atoms with E-state index in [9.17, 15) is 4.79 Å². The van der Waals surface area contributed by atoms with E-state index in [4.69, 9.17) is 14.2 Å². The number of carbonyl (C=O) groups is 1. The van der Waals surface area contributed by atoms with Gasteiger partial charge in [0.25, 0.3) is 0 Å². The molecule has 0 spiro atoms. The van der Waals surface area contributed by atoms with Crippen LogP contribution in [0.3, 0.4) is 0 Å². The molecular formula is C22H26N2O4S2. The van der Waals surface area contributed by atoms with Crippen molar-refractivity contribution in [1.29, 1.82) is 0 Å². The molecule has 0 bridgehead atoms. The Morgan fingerprint density at radius 3 is 2.60 bits per heavy atom. The lowest BCUT2D eigenvalue weighted by Gasteiger charge is -2.06. The van der Waals surface area contributed by atoms with Crippen LogP contribution in [0.4, 0.5) is 0 Å². The summed E-state index contributed by atoms with van der Waals surface area (Å²) < 4.78 is 19.1. The molecule has 0 N–H and O–H groups in total. The summed E-state index contributed by atoms with van der Waals surface area (Å²) in [4.78, 5) is 18.7. The molecule has 0 saturated heterocycles. The zero-order chi connectivity index (χ0) is 21.3. The van der Waals surface area contributed by atoms with Crippen molar-refractivity contribution in [3.8, 4) is 11.5 Å². The number of carbonyl (C=O) groups excluding carboxylic acids is 1. The molecule has 0 aliphatic rings. The maximum absolute atomic E-state index is 12.5. The van der Waals surface area contributed by atoms with Crippen LogP contribution in [0.25, 0.3) is 10.2 Å². The molecule has 1 aromatic heterocycles. The number of thiazole rings is 1. The third-order valence-electron chi connectivity index (χ3n) is 4.35. The van der Waals surface area contributed by atoms with Gasteiger partial charge in [0.2, 0.25) is 5.91 Å². The van der Waals surface area contributed by atoms with Crippen molar-refractivity contribution in [2.24, 2.45) is 4.99 Å². The highest BCUT2D eigenvalue weighted by molar-refractivity contribution is 7.99. The molecule has 0 fully saturated rings. The lowest BCUT2D eigenvalue weighted by molar-refractivity contribution is -0.117. The van der Waals surface area contributed by atoms with Gasteiger partial charge in [-0.2, -0.15) is 4.99 Å². The van der Waals surface area contributed by atoms with Crippen molar-refractivity contribution in [3.63, 3.8) is 0 Å². The molecule has 160 valence electrons. The Kier molecular flexibility index (Phi) is 8.36. The van der Waals surface area contributed by atoms with Crippen molar-refractivity contribution in [3.05, 3.63) is 47.3 Å². The van der Waals surface area contributed by atoms with Gasteiger partial charge in [0.05, 0.1) is 30.5 Å². The Morgan fingerprint density at radius 2 is 1.90 bits per heavy atom. The quantitative estimate of drug-likeness (QED) is 0.433. The van der Waals surface area contributed by atoms with Crippen LogP contribution in [-0.4, -0.2) is 43.7 Å². The highest BCUT2D eigenvalue weighted by Crippen LogP contribution is 2.24. The van der Waals surface area contributed by atoms with Crippen molar-refractivity contribution in [2.75, 3.05) is 33.2 Å². The van der Waals surface area contributed by atoms with Crippen LogP contribution in [0.1, 0.15) is 13.3 Å². The molecule has 8 heteroatoms. The molecule has 0 aliphatic heterocycles. The Morgan fingerprint density at radius 1 is 1.13 bits per heavy atom. The van der Waals surface area contributed by atoms with E-state index in [-0.39, 0.29) is 5.91 Å². The van der Waals surface area contributed by atoms with Gasteiger partial charge in [0.1, 0.15) is 11.5 Å². The van der Waals surface area contributed by atoms with Crippen LogP contribution >= 0.6 is 23.1 Å². The van der Waals surface area contributed by atoms with Crippen LogP contribution in [0.15, 0.2) is 52.4 Å². The van der Waals surface area contributed by atoms with Gasteiger partial charge < -0.3 is 18.8 Å². The average molecular weight is 447 g/mol. The van der Waals surface area contributed by atoms with Gasteiger partial charge in [-0.15, -0.1) is 11.8 Å². The lowest BCUT2D eigenvalue weighted by atomic mass is 10.3. The van der Waals surface area contributed by atoms with E-state index in [1.54, 1.807) is 26.0 Å². The molecule has 6 nitrogen and oxygen atoms in total. The maximum atomic E-state index is 12.5. The SMILES string of the molecule is CCOc1ccc2c(c1)sc(=NC(=O)CCSc1ccc(OC)cc1)n2CCOC. The van der Waals surface area contributed by atoms with E-state index in [1.807, 2.05) is 54.0 Å². The maximum Gasteiger partial charge on any atom is 0.249 e. The predicted octanol–water partition coefficient (Wildman–Crippen LogP) is 4.37. The summed E-state index contributed by atoms with van der Waals surface area (Å²) in [5.41, 5.74) is 1.03. The number of hydrogen-bond donors (Lipinski definition) is 0. The van der Waals surface area contributed by atoms with Gasteiger partial charge in [-0.05, 0) is 49.4 Å². The summed E-state index contributed by atoms with van der Waals surface area (Å²) in [6, 6.07) is 13.8. The van der Waals surface area contributed by atoms with Crippen LogP contribution in [0.2, 0.25) is 0 Å². The molecule has 1 amide bonds. The van der Waals surface area contributed by atoms with Crippen LogP contribution in [0.5, 0.6) is 11.5 Å². The summed E-state index contributed by atoms with van der Waals surface area (Å²) in [6.45, 7) is 3.76. The first-order chi connectivity index (χ1) is 14.6. The van der Waals surface area contributed by atoms with Crippen molar-refractivity contribution in [1.82, 2.24) is 4.57 Å². The molecule has 0 unspecified atom stereocenters. The summed E-state index contributed by atoms with van der Waals surface area (Å²) in [5, 5.41) is 0. The van der Waals surface area contributed by atoms with E-state index in [1.165, 1.54) is 11.3 Å². The molecule has 30 heavy (non-hydrogen) atoms. The zero-order valence-corrected chi connectivity index (χ0v) is 19.1. The number of thioether (sulfide) groups is 1. The van der Waals surface area contributed by atoms with Gasteiger partial charge >= 0.3 is 0 Å². The fraction of sp³-hybridized carbons (Fsp3) is 0.364. The van der Waals surface area contributed by atoms with Crippen LogP contribution in [0, 0.1) is 0 Å². The Labute approximate surface area is 184 Å². The van der Waals surface area contributed by atoms with Crippen molar-refractivity contribution in [2.45, 2.75) is 24.8 Å². The third kappa shape index (κ3) is 5.87. The van der Waals surface area contributed by atoms with Gasteiger partial charge in [0, 0.05) is 30.7 Å². The Hall–Kier alpha value is -2.29. The summed E-state index contributed by atoms with van der Waals surface area (Å²) in [7, 11) is 3.31. The zero-order valence-electron chi connectivity index (χ0n) is 17.4. The summed E-state index contributed by atoms with van der Waals surface area (Å²) in [5.74, 6) is 2.19. The van der Waals surface area contributed by atoms with Gasteiger partial charge in [-0.1, -0.05) is 11.3 Å². The standard InChI is InChI=1S/C22H26N2O4S2/c1-4-28-17-7-10-19-20(15-17)30-22(24(19)12-13-26-2)23-21(25)11-14-29-18-8-5-16(27-3)6-9-18/h5-10,15H,4,11-14H2,1-3H3. The largest absolute Gasteiger partial charge is 0.497 e. The normalized spacial score (nSPS) is 11.8. The minimum atomic E-state index is -0.126. The first kappa shape index (κ1) is 22.4. The molecule has 0 saturated carbocycles. The highest BCUT2D eigenvalue weighted by atomic mass is 32.2. The molecule has 3 aromatic rings.